The summed E-state index contributed by atoms with van der Waals surface area (Å²) in [5.41, 5.74) is 0.221. The van der Waals surface area contributed by atoms with Gasteiger partial charge in [-0.3, -0.25) is 9.69 Å². The highest BCUT2D eigenvalue weighted by molar-refractivity contribution is 5.77. The quantitative estimate of drug-likeness (QED) is 0.693. The molecule has 26 heavy (non-hydrogen) atoms. The van der Waals surface area contributed by atoms with Crippen LogP contribution in [0.25, 0.3) is 0 Å². The van der Waals surface area contributed by atoms with Gasteiger partial charge in [0.05, 0.1) is 6.54 Å². The Labute approximate surface area is 155 Å². The van der Waals surface area contributed by atoms with Gasteiger partial charge in [-0.25, -0.2) is 0 Å². The third-order valence-corrected chi connectivity index (χ3v) is 6.03. The molecule has 1 amide bonds. The van der Waals surface area contributed by atoms with Crippen molar-refractivity contribution in [2.45, 2.75) is 57.4 Å². The van der Waals surface area contributed by atoms with Crippen LogP contribution in [0.15, 0.2) is 4.42 Å². The van der Waals surface area contributed by atoms with Gasteiger partial charge in [0.15, 0.2) is 0 Å². The molecule has 0 unspecified atom stereocenters. The topological polar surface area (TPSA) is 71.7 Å². The highest BCUT2D eigenvalue weighted by atomic mass is 16.5. The van der Waals surface area contributed by atoms with Gasteiger partial charge in [0.25, 0.3) is 0 Å². The van der Waals surface area contributed by atoms with E-state index in [-0.39, 0.29) is 5.41 Å². The summed E-state index contributed by atoms with van der Waals surface area (Å²) >= 11 is 0. The highest BCUT2D eigenvalue weighted by Gasteiger charge is 2.41. The van der Waals surface area contributed by atoms with Crippen molar-refractivity contribution in [2.24, 2.45) is 5.41 Å². The lowest BCUT2D eigenvalue weighted by atomic mass is 9.73. The lowest BCUT2D eigenvalue weighted by Gasteiger charge is -2.48. The fourth-order valence-corrected chi connectivity index (χ4v) is 4.50. The average molecular weight is 362 g/mol. The summed E-state index contributed by atoms with van der Waals surface area (Å²) in [6.45, 7) is 5.22. The van der Waals surface area contributed by atoms with Gasteiger partial charge in [0, 0.05) is 51.1 Å². The number of carbonyl (C=O) groups is 1. The monoisotopic (exact) mass is 362 g/mol. The van der Waals surface area contributed by atoms with Gasteiger partial charge in [0.1, 0.15) is 0 Å². The second kappa shape index (κ2) is 7.64. The van der Waals surface area contributed by atoms with Crippen molar-refractivity contribution >= 4 is 5.91 Å². The van der Waals surface area contributed by atoms with Crippen molar-refractivity contribution in [1.29, 1.82) is 0 Å². The lowest BCUT2D eigenvalue weighted by molar-refractivity contribution is -0.139. The molecule has 1 aromatic heterocycles. The summed E-state index contributed by atoms with van der Waals surface area (Å²) in [5.74, 6) is 2.37. The Morgan fingerprint density at radius 1 is 1.27 bits per heavy atom. The maximum Gasteiger partial charge on any atom is 0.230 e. The van der Waals surface area contributed by atoms with Gasteiger partial charge in [-0.2, -0.15) is 0 Å². The van der Waals surface area contributed by atoms with E-state index in [0.717, 1.165) is 57.3 Å². The van der Waals surface area contributed by atoms with E-state index >= 15 is 0 Å². The van der Waals surface area contributed by atoms with Crippen LogP contribution in [-0.4, -0.2) is 65.8 Å². The van der Waals surface area contributed by atoms with Crippen molar-refractivity contribution in [1.82, 2.24) is 20.0 Å². The molecule has 2 saturated heterocycles. The number of amides is 1. The number of ether oxygens (including phenoxy) is 1. The van der Waals surface area contributed by atoms with E-state index in [1.165, 1.54) is 25.7 Å². The minimum absolute atomic E-state index is 0.221. The van der Waals surface area contributed by atoms with E-state index in [1.807, 2.05) is 0 Å². The number of carbonyl (C=O) groups excluding carboxylic acids is 1. The summed E-state index contributed by atoms with van der Waals surface area (Å²) < 4.78 is 11.0. The van der Waals surface area contributed by atoms with E-state index in [1.54, 1.807) is 7.11 Å². The minimum atomic E-state index is 0.221. The van der Waals surface area contributed by atoms with Crippen molar-refractivity contribution in [3.63, 3.8) is 0 Å². The molecule has 4 rings (SSSR count). The third kappa shape index (κ3) is 4.09. The number of hydrogen-bond donors (Lipinski definition) is 0. The maximum atomic E-state index is 12.3. The van der Waals surface area contributed by atoms with Crippen LogP contribution >= 0.6 is 0 Å². The molecule has 1 saturated carbocycles. The predicted octanol–water partition coefficient (Wildman–Crippen LogP) is 2.19. The van der Waals surface area contributed by atoms with Gasteiger partial charge < -0.3 is 14.1 Å². The molecule has 0 N–H and O–H groups in total. The second-order valence-electron chi connectivity index (χ2n) is 8.28. The number of rotatable bonds is 7. The summed E-state index contributed by atoms with van der Waals surface area (Å²) in [4.78, 5) is 16.8. The molecule has 3 heterocycles. The van der Waals surface area contributed by atoms with Gasteiger partial charge in [-0.1, -0.05) is 0 Å². The number of methoxy groups -OCH3 is 1. The van der Waals surface area contributed by atoms with E-state index in [4.69, 9.17) is 9.15 Å². The average Bonchev–Trinajstić information content (AvgIpc) is 3.39. The first-order valence-corrected chi connectivity index (χ1v) is 9.99. The van der Waals surface area contributed by atoms with Gasteiger partial charge >= 0.3 is 0 Å². The summed E-state index contributed by atoms with van der Waals surface area (Å²) in [6, 6.07) is 0. The van der Waals surface area contributed by atoms with Crippen molar-refractivity contribution in [3.8, 4) is 0 Å². The first-order valence-electron chi connectivity index (χ1n) is 9.99. The smallest absolute Gasteiger partial charge is 0.230 e. The maximum absolute atomic E-state index is 12.3. The Balaban J connectivity index is 1.35. The zero-order valence-electron chi connectivity index (χ0n) is 15.8. The van der Waals surface area contributed by atoms with Gasteiger partial charge in [-0.15, -0.1) is 10.2 Å². The molecule has 3 aliphatic rings. The fourth-order valence-electron chi connectivity index (χ4n) is 4.50. The van der Waals surface area contributed by atoms with Crippen LogP contribution in [0.5, 0.6) is 0 Å². The molecular weight excluding hydrogens is 332 g/mol. The van der Waals surface area contributed by atoms with Gasteiger partial charge in [0.2, 0.25) is 17.7 Å². The summed E-state index contributed by atoms with van der Waals surface area (Å²) in [7, 11) is 1.71. The van der Waals surface area contributed by atoms with Crippen LogP contribution in [0.4, 0.5) is 0 Å². The number of likely N-dealkylation sites (tertiary alicyclic amines) is 2. The molecule has 7 heteroatoms. The molecule has 1 aliphatic carbocycles. The molecule has 3 fully saturated rings. The Morgan fingerprint density at radius 3 is 2.96 bits per heavy atom. The van der Waals surface area contributed by atoms with E-state index in [0.29, 0.717) is 24.9 Å². The van der Waals surface area contributed by atoms with Crippen LogP contribution in [0.1, 0.15) is 62.6 Å². The second-order valence-corrected chi connectivity index (χ2v) is 8.28. The van der Waals surface area contributed by atoms with Crippen LogP contribution in [0, 0.1) is 5.41 Å². The van der Waals surface area contributed by atoms with E-state index in [2.05, 4.69) is 20.0 Å². The molecule has 1 atom stereocenters. The zero-order chi connectivity index (χ0) is 18.0. The Bertz CT molecular complexity index is 630. The molecule has 2 aliphatic heterocycles. The first kappa shape index (κ1) is 17.9. The molecule has 1 spiro atoms. The molecule has 0 bridgehead atoms. The Hall–Kier alpha value is -1.47. The number of nitrogens with zero attached hydrogens (tertiary/aromatic N) is 4. The largest absolute Gasteiger partial charge is 0.424 e. The number of hydrogen-bond acceptors (Lipinski definition) is 6. The number of piperidine rings is 2. The lowest BCUT2D eigenvalue weighted by Crippen LogP contribution is -2.54. The number of aromatic nitrogens is 2. The van der Waals surface area contributed by atoms with Gasteiger partial charge in [-0.05, 0) is 45.1 Å². The molecule has 1 aromatic rings. The zero-order valence-corrected chi connectivity index (χ0v) is 15.8. The van der Waals surface area contributed by atoms with Crippen molar-refractivity contribution < 1.29 is 13.9 Å². The van der Waals surface area contributed by atoms with Crippen LogP contribution in [0.3, 0.4) is 0 Å². The standard InChI is InChI=1S/C19H30N4O3/c1-25-11-3-10-23-14-19(8-6-17(23)24)7-2-9-22(13-19)12-16-20-21-18(26-16)15-4-5-15/h15H,2-14H2,1H3/t19-/m1/s1. The van der Waals surface area contributed by atoms with E-state index in [9.17, 15) is 4.79 Å². The predicted molar refractivity (Wildman–Crippen MR) is 95.5 cm³/mol. The van der Waals surface area contributed by atoms with Crippen molar-refractivity contribution in [2.75, 3.05) is 39.9 Å². The summed E-state index contributed by atoms with van der Waals surface area (Å²) in [6.07, 6.45) is 7.32. The third-order valence-electron chi connectivity index (χ3n) is 6.03. The van der Waals surface area contributed by atoms with E-state index < -0.39 is 0 Å². The normalized spacial score (nSPS) is 27.4. The van der Waals surface area contributed by atoms with Crippen LogP contribution in [-0.2, 0) is 16.1 Å². The molecule has 0 aromatic carbocycles. The fraction of sp³-hybridized carbons (Fsp3) is 0.842. The molecule has 0 radical (unpaired) electrons. The summed E-state index contributed by atoms with van der Waals surface area (Å²) in [5, 5.41) is 8.45. The first-order chi connectivity index (χ1) is 12.7. The highest BCUT2D eigenvalue weighted by Crippen LogP contribution is 2.40. The van der Waals surface area contributed by atoms with Crippen LogP contribution < -0.4 is 0 Å². The molecular formula is C19H30N4O3. The molecule has 144 valence electrons. The van der Waals surface area contributed by atoms with Crippen LogP contribution in [0.2, 0.25) is 0 Å². The SMILES string of the molecule is COCCCN1C[C@]2(CCCN(Cc3nnc(C4CC4)o3)C2)CCC1=O. The Kier molecular flexibility index (Phi) is 5.27. The Morgan fingerprint density at radius 2 is 2.15 bits per heavy atom. The minimum Gasteiger partial charge on any atom is -0.424 e. The van der Waals surface area contributed by atoms with Crippen molar-refractivity contribution in [3.05, 3.63) is 11.8 Å². The molecule has 7 nitrogen and oxygen atoms in total.